The van der Waals surface area contributed by atoms with Crippen molar-refractivity contribution in [3.05, 3.63) is 39.1 Å². The SMILES string of the molecule is Nc1nc(-c2sccc2Cl)nc2ccc(Br)cc12. The molecule has 0 saturated carbocycles. The first-order valence-corrected chi connectivity index (χ1v) is 7.16. The first-order chi connectivity index (χ1) is 8.65. The van der Waals surface area contributed by atoms with Gasteiger partial charge in [0.05, 0.1) is 15.4 Å². The lowest BCUT2D eigenvalue weighted by Gasteiger charge is -2.04. The van der Waals surface area contributed by atoms with Crippen LogP contribution >= 0.6 is 38.9 Å². The van der Waals surface area contributed by atoms with Gasteiger partial charge >= 0.3 is 0 Å². The van der Waals surface area contributed by atoms with Gasteiger partial charge in [0.25, 0.3) is 0 Å². The molecule has 90 valence electrons. The maximum Gasteiger partial charge on any atom is 0.173 e. The zero-order valence-electron chi connectivity index (χ0n) is 9.02. The standard InChI is InChI=1S/C12H7BrClN3S/c13-6-1-2-9-7(5-6)11(15)17-12(16-9)10-8(14)3-4-18-10/h1-5H,(H2,15,16,17). The number of nitrogens with zero attached hydrogens (tertiary/aromatic N) is 2. The van der Waals surface area contributed by atoms with Crippen molar-refractivity contribution in [2.75, 3.05) is 5.73 Å². The van der Waals surface area contributed by atoms with Crippen LogP contribution in [0.5, 0.6) is 0 Å². The topological polar surface area (TPSA) is 51.8 Å². The maximum absolute atomic E-state index is 6.09. The molecular weight excluding hydrogens is 334 g/mol. The van der Waals surface area contributed by atoms with E-state index in [2.05, 4.69) is 25.9 Å². The van der Waals surface area contributed by atoms with E-state index in [0.717, 1.165) is 20.3 Å². The quantitative estimate of drug-likeness (QED) is 0.716. The number of aromatic nitrogens is 2. The normalized spacial score (nSPS) is 11.0. The van der Waals surface area contributed by atoms with Crippen LogP contribution in [0.15, 0.2) is 34.1 Å². The predicted molar refractivity (Wildman–Crippen MR) is 80.0 cm³/mol. The van der Waals surface area contributed by atoms with Gasteiger partial charge < -0.3 is 5.73 Å². The number of halogens is 2. The molecule has 3 aromatic rings. The van der Waals surface area contributed by atoms with E-state index in [1.54, 1.807) is 0 Å². The molecule has 0 aliphatic carbocycles. The minimum Gasteiger partial charge on any atom is -0.383 e. The molecule has 0 amide bonds. The minimum atomic E-state index is 0.459. The van der Waals surface area contributed by atoms with E-state index in [-0.39, 0.29) is 0 Å². The number of hydrogen-bond donors (Lipinski definition) is 1. The summed E-state index contributed by atoms with van der Waals surface area (Å²) >= 11 is 11.0. The average molecular weight is 341 g/mol. The van der Waals surface area contributed by atoms with E-state index >= 15 is 0 Å². The summed E-state index contributed by atoms with van der Waals surface area (Å²) in [7, 11) is 0. The fourth-order valence-corrected chi connectivity index (χ4v) is 3.11. The molecule has 0 saturated heterocycles. The maximum atomic E-state index is 6.09. The Morgan fingerprint density at radius 2 is 2.06 bits per heavy atom. The van der Waals surface area contributed by atoms with E-state index in [1.807, 2.05) is 29.6 Å². The van der Waals surface area contributed by atoms with Crippen LogP contribution in [0.1, 0.15) is 0 Å². The van der Waals surface area contributed by atoms with Gasteiger partial charge in [-0.1, -0.05) is 27.5 Å². The van der Waals surface area contributed by atoms with Crippen molar-refractivity contribution < 1.29 is 0 Å². The molecular formula is C12H7BrClN3S. The lowest BCUT2D eigenvalue weighted by Crippen LogP contribution is -1.97. The van der Waals surface area contributed by atoms with Gasteiger partial charge in [0, 0.05) is 9.86 Å². The van der Waals surface area contributed by atoms with Gasteiger partial charge in [0.2, 0.25) is 0 Å². The Morgan fingerprint density at radius 3 is 2.78 bits per heavy atom. The molecule has 3 nitrogen and oxygen atoms in total. The molecule has 0 aliphatic rings. The third-order valence-electron chi connectivity index (χ3n) is 2.51. The molecule has 1 aromatic carbocycles. The van der Waals surface area contributed by atoms with Gasteiger partial charge in [0.15, 0.2) is 5.82 Å². The van der Waals surface area contributed by atoms with Crippen molar-refractivity contribution in [3.8, 4) is 10.7 Å². The Balaban J connectivity index is 2.28. The highest BCUT2D eigenvalue weighted by molar-refractivity contribution is 9.10. The summed E-state index contributed by atoms with van der Waals surface area (Å²) in [5.74, 6) is 1.03. The smallest absolute Gasteiger partial charge is 0.173 e. The predicted octanol–water partition coefficient (Wildman–Crippen LogP) is 4.36. The zero-order valence-corrected chi connectivity index (χ0v) is 12.2. The zero-order chi connectivity index (χ0) is 12.7. The second-order valence-electron chi connectivity index (χ2n) is 3.69. The molecule has 6 heteroatoms. The molecule has 0 aliphatic heterocycles. The number of fused-ring (bicyclic) bond motifs is 1. The second kappa shape index (κ2) is 4.50. The molecule has 2 aromatic heterocycles. The highest BCUT2D eigenvalue weighted by Crippen LogP contribution is 2.33. The van der Waals surface area contributed by atoms with Crippen LogP contribution in [0.2, 0.25) is 5.02 Å². The van der Waals surface area contributed by atoms with Crippen LogP contribution in [0.4, 0.5) is 5.82 Å². The number of thiophene rings is 1. The van der Waals surface area contributed by atoms with Gasteiger partial charge in [-0.2, -0.15) is 0 Å². The van der Waals surface area contributed by atoms with Crippen LogP contribution in [0.25, 0.3) is 21.6 Å². The molecule has 0 fully saturated rings. The van der Waals surface area contributed by atoms with Gasteiger partial charge in [-0.15, -0.1) is 11.3 Å². The number of hydrogen-bond acceptors (Lipinski definition) is 4. The number of nitrogen functional groups attached to an aromatic ring is 1. The Bertz CT molecular complexity index is 741. The van der Waals surface area contributed by atoms with E-state index < -0.39 is 0 Å². The molecule has 18 heavy (non-hydrogen) atoms. The minimum absolute atomic E-state index is 0.459. The third kappa shape index (κ3) is 1.98. The summed E-state index contributed by atoms with van der Waals surface area (Å²) in [5.41, 5.74) is 6.78. The van der Waals surface area contributed by atoms with Crippen LogP contribution < -0.4 is 5.73 Å². The molecule has 2 N–H and O–H groups in total. The fraction of sp³-hybridized carbons (Fsp3) is 0. The third-order valence-corrected chi connectivity index (χ3v) is 4.34. The molecule has 2 heterocycles. The Morgan fingerprint density at radius 1 is 1.22 bits per heavy atom. The van der Waals surface area contributed by atoms with Crippen molar-refractivity contribution in [2.45, 2.75) is 0 Å². The summed E-state index contributed by atoms with van der Waals surface area (Å²) < 4.78 is 0.951. The van der Waals surface area contributed by atoms with Gasteiger partial charge in [-0.3, -0.25) is 0 Å². The van der Waals surface area contributed by atoms with Gasteiger partial charge in [0.1, 0.15) is 5.82 Å². The summed E-state index contributed by atoms with van der Waals surface area (Å²) in [6.07, 6.45) is 0. The Labute approximate surface area is 121 Å². The van der Waals surface area contributed by atoms with Crippen LogP contribution in [-0.4, -0.2) is 9.97 Å². The molecule has 0 unspecified atom stereocenters. The molecule has 0 spiro atoms. The van der Waals surface area contributed by atoms with E-state index in [1.165, 1.54) is 11.3 Å². The van der Waals surface area contributed by atoms with Gasteiger partial charge in [-0.25, -0.2) is 9.97 Å². The van der Waals surface area contributed by atoms with Crippen LogP contribution in [0, 0.1) is 0 Å². The largest absolute Gasteiger partial charge is 0.383 e. The van der Waals surface area contributed by atoms with Crippen molar-refractivity contribution in [1.82, 2.24) is 9.97 Å². The highest BCUT2D eigenvalue weighted by Gasteiger charge is 2.11. The van der Waals surface area contributed by atoms with Gasteiger partial charge in [-0.05, 0) is 29.6 Å². The monoisotopic (exact) mass is 339 g/mol. The summed E-state index contributed by atoms with van der Waals surface area (Å²) in [6.45, 7) is 0. The van der Waals surface area contributed by atoms with Crippen LogP contribution in [0.3, 0.4) is 0 Å². The highest BCUT2D eigenvalue weighted by atomic mass is 79.9. The molecule has 0 radical (unpaired) electrons. The number of anilines is 1. The number of rotatable bonds is 1. The lowest BCUT2D eigenvalue weighted by molar-refractivity contribution is 1.25. The molecule has 0 atom stereocenters. The average Bonchev–Trinajstić information content (AvgIpc) is 2.76. The first kappa shape index (κ1) is 11.9. The number of benzene rings is 1. The van der Waals surface area contributed by atoms with Crippen molar-refractivity contribution >= 4 is 55.6 Å². The molecule has 0 bridgehead atoms. The number of nitrogens with two attached hydrogens (primary N) is 1. The fourth-order valence-electron chi connectivity index (χ4n) is 1.68. The Kier molecular flexibility index (Phi) is 2.97. The van der Waals surface area contributed by atoms with Crippen molar-refractivity contribution in [2.24, 2.45) is 0 Å². The first-order valence-electron chi connectivity index (χ1n) is 5.11. The summed E-state index contributed by atoms with van der Waals surface area (Å²) in [6, 6.07) is 7.56. The van der Waals surface area contributed by atoms with Crippen molar-refractivity contribution in [3.63, 3.8) is 0 Å². The van der Waals surface area contributed by atoms with E-state index in [0.29, 0.717) is 16.7 Å². The Hall–Kier alpha value is -1.17. The van der Waals surface area contributed by atoms with E-state index in [4.69, 9.17) is 17.3 Å². The van der Waals surface area contributed by atoms with E-state index in [9.17, 15) is 0 Å². The summed E-state index contributed by atoms with van der Waals surface area (Å²) in [4.78, 5) is 9.65. The molecule has 3 rings (SSSR count). The van der Waals surface area contributed by atoms with Crippen molar-refractivity contribution in [1.29, 1.82) is 0 Å². The van der Waals surface area contributed by atoms with Crippen LogP contribution in [-0.2, 0) is 0 Å². The second-order valence-corrected chi connectivity index (χ2v) is 5.93. The summed E-state index contributed by atoms with van der Waals surface area (Å²) in [5, 5.41) is 3.39. The lowest BCUT2D eigenvalue weighted by atomic mass is 10.2.